The van der Waals surface area contributed by atoms with Gasteiger partial charge in [-0.15, -0.1) is 0 Å². The van der Waals surface area contributed by atoms with E-state index >= 15 is 0 Å². The van der Waals surface area contributed by atoms with Crippen LogP contribution in [0.15, 0.2) is 24.3 Å². The minimum absolute atomic E-state index is 0.000185. The van der Waals surface area contributed by atoms with E-state index in [4.69, 9.17) is 0 Å². The third kappa shape index (κ3) is 2.11. The van der Waals surface area contributed by atoms with Crippen molar-refractivity contribution in [2.24, 2.45) is 0 Å². The van der Waals surface area contributed by atoms with Crippen LogP contribution in [0.1, 0.15) is 36.8 Å². The molecule has 0 heterocycles. The summed E-state index contributed by atoms with van der Waals surface area (Å²) >= 11 is 0. The highest BCUT2D eigenvalue weighted by atomic mass is 19.3. The van der Waals surface area contributed by atoms with E-state index in [9.17, 15) is 18.7 Å². The molecule has 1 aliphatic carbocycles. The molecule has 0 bridgehead atoms. The number of hydrogen-bond donors (Lipinski definition) is 1. The molecule has 1 aliphatic rings. The molecule has 1 aromatic carbocycles. The van der Waals surface area contributed by atoms with E-state index in [1.165, 1.54) is 0 Å². The largest absolute Gasteiger partial charge is 0.481 e. The number of carboxylic acid groups (broad SMARTS) is 1. The maximum Gasteiger partial charge on any atom is 0.314 e. The van der Waals surface area contributed by atoms with Crippen LogP contribution >= 0.6 is 0 Å². The molecule has 0 unspecified atom stereocenters. The molecule has 18 heavy (non-hydrogen) atoms. The van der Waals surface area contributed by atoms with Crippen LogP contribution in [0, 0.1) is 6.92 Å². The summed E-state index contributed by atoms with van der Waals surface area (Å²) < 4.78 is 26.5. The summed E-state index contributed by atoms with van der Waals surface area (Å²) in [6, 6.07) is 7.16. The molecule has 1 fully saturated rings. The van der Waals surface area contributed by atoms with E-state index in [0.717, 1.165) is 5.56 Å². The smallest absolute Gasteiger partial charge is 0.314 e. The number of aryl methyl sites for hydroxylation is 1. The number of hydrogen-bond acceptors (Lipinski definition) is 1. The topological polar surface area (TPSA) is 37.3 Å². The molecule has 0 amide bonds. The molecule has 0 atom stereocenters. The molecular formula is C14H16F2O2. The lowest BCUT2D eigenvalue weighted by Gasteiger charge is -2.37. The van der Waals surface area contributed by atoms with Crippen molar-refractivity contribution in [3.05, 3.63) is 35.4 Å². The van der Waals surface area contributed by atoms with Gasteiger partial charge in [-0.1, -0.05) is 24.3 Å². The van der Waals surface area contributed by atoms with E-state index in [0.29, 0.717) is 5.56 Å². The Morgan fingerprint density at radius 3 is 2.22 bits per heavy atom. The molecule has 0 aliphatic heterocycles. The Balaban J connectivity index is 2.42. The quantitative estimate of drug-likeness (QED) is 0.876. The van der Waals surface area contributed by atoms with Gasteiger partial charge >= 0.3 is 5.97 Å². The maximum atomic E-state index is 13.2. The number of carboxylic acids is 1. The summed E-state index contributed by atoms with van der Waals surface area (Å²) in [4.78, 5) is 11.6. The number of carbonyl (C=O) groups is 1. The van der Waals surface area contributed by atoms with E-state index in [-0.39, 0.29) is 25.7 Å². The fourth-order valence-corrected chi connectivity index (χ4v) is 2.75. The summed E-state index contributed by atoms with van der Waals surface area (Å²) in [5, 5.41) is 9.49. The average Bonchev–Trinajstić information content (AvgIpc) is 2.30. The Labute approximate surface area is 105 Å². The van der Waals surface area contributed by atoms with Gasteiger partial charge < -0.3 is 5.11 Å². The van der Waals surface area contributed by atoms with Gasteiger partial charge in [-0.3, -0.25) is 4.79 Å². The zero-order valence-electron chi connectivity index (χ0n) is 10.2. The summed E-state index contributed by atoms with van der Waals surface area (Å²) in [5.41, 5.74) is 0.380. The summed E-state index contributed by atoms with van der Waals surface area (Å²) in [6.07, 6.45) is -0.707. The number of rotatable bonds is 2. The summed E-state index contributed by atoms with van der Waals surface area (Å²) in [7, 11) is 0. The first-order valence-electron chi connectivity index (χ1n) is 6.05. The van der Waals surface area contributed by atoms with Crippen molar-refractivity contribution in [1.29, 1.82) is 0 Å². The first-order chi connectivity index (χ1) is 8.37. The second kappa shape index (κ2) is 4.34. The van der Waals surface area contributed by atoms with Gasteiger partial charge in [-0.25, -0.2) is 8.78 Å². The highest BCUT2D eigenvalue weighted by Crippen LogP contribution is 2.46. The number of alkyl halides is 2. The SMILES string of the molecule is Cc1ccccc1C1(C(=O)O)CCC(F)(F)CC1. The Bertz CT molecular complexity index is 459. The summed E-state index contributed by atoms with van der Waals surface area (Å²) in [5.74, 6) is -3.71. The lowest BCUT2D eigenvalue weighted by molar-refractivity contribution is -0.149. The van der Waals surface area contributed by atoms with Crippen molar-refractivity contribution in [1.82, 2.24) is 0 Å². The predicted octanol–water partition coefficient (Wildman–Crippen LogP) is 3.53. The van der Waals surface area contributed by atoms with Crippen LogP contribution in [0.25, 0.3) is 0 Å². The third-order valence-corrected chi connectivity index (χ3v) is 3.91. The van der Waals surface area contributed by atoms with Crippen molar-refractivity contribution in [2.45, 2.75) is 43.9 Å². The molecule has 98 valence electrons. The zero-order valence-corrected chi connectivity index (χ0v) is 10.2. The lowest BCUT2D eigenvalue weighted by Crippen LogP contribution is -2.43. The maximum absolute atomic E-state index is 13.2. The molecule has 0 saturated heterocycles. The number of halogens is 2. The first-order valence-corrected chi connectivity index (χ1v) is 6.05. The predicted molar refractivity (Wildman–Crippen MR) is 63.9 cm³/mol. The van der Waals surface area contributed by atoms with E-state index in [1.807, 2.05) is 19.1 Å². The molecule has 4 heteroatoms. The van der Waals surface area contributed by atoms with Crippen molar-refractivity contribution < 1.29 is 18.7 Å². The highest BCUT2D eigenvalue weighted by Gasteiger charge is 2.49. The molecule has 1 saturated carbocycles. The van der Waals surface area contributed by atoms with Crippen LogP contribution in [0.2, 0.25) is 0 Å². The van der Waals surface area contributed by atoms with Crippen molar-refractivity contribution in [2.75, 3.05) is 0 Å². The molecule has 0 spiro atoms. The second-order valence-corrected chi connectivity index (χ2v) is 5.06. The van der Waals surface area contributed by atoms with Crippen LogP contribution in [0.5, 0.6) is 0 Å². The van der Waals surface area contributed by atoms with Crippen molar-refractivity contribution >= 4 is 5.97 Å². The molecule has 1 aromatic rings. The minimum atomic E-state index is -2.72. The first kappa shape index (κ1) is 13.0. The average molecular weight is 254 g/mol. The normalized spacial score (nSPS) is 21.5. The van der Waals surface area contributed by atoms with Gasteiger partial charge in [-0.2, -0.15) is 0 Å². The molecule has 2 nitrogen and oxygen atoms in total. The fraction of sp³-hybridized carbons (Fsp3) is 0.500. The van der Waals surface area contributed by atoms with Gasteiger partial charge in [0, 0.05) is 12.8 Å². The second-order valence-electron chi connectivity index (χ2n) is 5.06. The van der Waals surface area contributed by atoms with Crippen LogP contribution in [-0.4, -0.2) is 17.0 Å². The van der Waals surface area contributed by atoms with Crippen LogP contribution in [0.3, 0.4) is 0 Å². The van der Waals surface area contributed by atoms with Gasteiger partial charge in [0.05, 0.1) is 5.41 Å². The number of aliphatic carboxylic acids is 1. The molecule has 0 aromatic heterocycles. The minimum Gasteiger partial charge on any atom is -0.481 e. The Kier molecular flexibility index (Phi) is 3.13. The van der Waals surface area contributed by atoms with E-state index < -0.39 is 17.3 Å². The van der Waals surface area contributed by atoms with Crippen molar-refractivity contribution in [3.63, 3.8) is 0 Å². The van der Waals surface area contributed by atoms with Crippen LogP contribution < -0.4 is 0 Å². The van der Waals surface area contributed by atoms with Gasteiger partial charge in [-0.05, 0) is 30.9 Å². The van der Waals surface area contributed by atoms with E-state index in [2.05, 4.69) is 0 Å². The zero-order chi connectivity index (χ0) is 13.4. The van der Waals surface area contributed by atoms with Crippen molar-refractivity contribution in [3.8, 4) is 0 Å². The Morgan fingerprint density at radius 1 is 1.17 bits per heavy atom. The molecular weight excluding hydrogens is 238 g/mol. The van der Waals surface area contributed by atoms with Gasteiger partial charge in [0.25, 0.3) is 0 Å². The van der Waals surface area contributed by atoms with Gasteiger partial charge in [0.2, 0.25) is 5.92 Å². The Morgan fingerprint density at radius 2 is 1.72 bits per heavy atom. The third-order valence-electron chi connectivity index (χ3n) is 3.91. The van der Waals surface area contributed by atoms with Crippen LogP contribution in [-0.2, 0) is 10.2 Å². The van der Waals surface area contributed by atoms with Gasteiger partial charge in [0.1, 0.15) is 0 Å². The standard InChI is InChI=1S/C14H16F2O2/c1-10-4-2-3-5-11(10)13(12(17)18)6-8-14(15,16)9-7-13/h2-5H,6-9H2,1H3,(H,17,18). The molecule has 1 N–H and O–H groups in total. The molecule has 2 rings (SSSR count). The Hall–Kier alpha value is -1.45. The lowest BCUT2D eigenvalue weighted by atomic mass is 9.67. The fourth-order valence-electron chi connectivity index (χ4n) is 2.75. The monoisotopic (exact) mass is 254 g/mol. The van der Waals surface area contributed by atoms with Crippen LogP contribution in [0.4, 0.5) is 8.78 Å². The summed E-state index contributed by atoms with van der Waals surface area (Å²) in [6.45, 7) is 1.83. The van der Waals surface area contributed by atoms with Gasteiger partial charge in [0.15, 0.2) is 0 Å². The number of benzene rings is 1. The highest BCUT2D eigenvalue weighted by molar-refractivity contribution is 5.82. The molecule has 0 radical (unpaired) electrons. The van der Waals surface area contributed by atoms with E-state index in [1.54, 1.807) is 12.1 Å².